The molecule has 4 N–H and O–H groups in total. The normalized spacial score (nSPS) is 15.7. The zero-order valence-corrected chi connectivity index (χ0v) is 11.9. The molecule has 0 bridgehead atoms. The minimum Gasteiger partial charge on any atom is -0.379 e. The van der Waals surface area contributed by atoms with E-state index >= 15 is 0 Å². The molecule has 0 spiro atoms. The lowest BCUT2D eigenvalue weighted by atomic mass is 10.2. The Balaban J connectivity index is 1.86. The summed E-state index contributed by atoms with van der Waals surface area (Å²) < 4.78 is 5.29. The van der Waals surface area contributed by atoms with Crippen LogP contribution < -0.4 is 16.6 Å². The van der Waals surface area contributed by atoms with Crippen molar-refractivity contribution in [2.75, 3.05) is 50.1 Å². The zero-order chi connectivity index (χ0) is 15.1. The molecule has 1 heterocycles. The van der Waals surface area contributed by atoms with Gasteiger partial charge in [-0.2, -0.15) is 0 Å². The van der Waals surface area contributed by atoms with Gasteiger partial charge in [-0.15, -0.1) is 0 Å². The number of nitrogen functional groups attached to an aromatic ring is 1. The van der Waals surface area contributed by atoms with Gasteiger partial charge in [0.1, 0.15) is 11.4 Å². The first kappa shape index (κ1) is 15.5. The second-order valence-electron chi connectivity index (χ2n) is 4.84. The van der Waals surface area contributed by atoms with E-state index in [2.05, 4.69) is 15.6 Å². The van der Waals surface area contributed by atoms with Crippen LogP contribution in [0.1, 0.15) is 6.42 Å². The van der Waals surface area contributed by atoms with E-state index in [4.69, 9.17) is 10.6 Å². The maximum absolute atomic E-state index is 11.1. The summed E-state index contributed by atoms with van der Waals surface area (Å²) >= 11 is 0. The molecular formula is C13H21N5O3. The molecule has 1 aliphatic heterocycles. The predicted octanol–water partition coefficient (Wildman–Crippen LogP) is 1.01. The van der Waals surface area contributed by atoms with Crippen molar-refractivity contribution in [3.8, 4) is 0 Å². The predicted molar refractivity (Wildman–Crippen MR) is 81.3 cm³/mol. The fourth-order valence-corrected chi connectivity index (χ4v) is 2.35. The molecule has 2 rings (SSSR count). The van der Waals surface area contributed by atoms with Crippen LogP contribution in [0.25, 0.3) is 0 Å². The molecule has 1 saturated heterocycles. The maximum atomic E-state index is 11.1. The van der Waals surface area contributed by atoms with Gasteiger partial charge in [0.15, 0.2) is 0 Å². The minimum absolute atomic E-state index is 0.0219. The Labute approximate surface area is 123 Å². The maximum Gasteiger partial charge on any atom is 0.316 e. The highest BCUT2D eigenvalue weighted by molar-refractivity contribution is 5.75. The number of nitrogens with two attached hydrogens (primary N) is 1. The van der Waals surface area contributed by atoms with Gasteiger partial charge in [0.25, 0.3) is 0 Å². The van der Waals surface area contributed by atoms with Crippen LogP contribution in [0.15, 0.2) is 18.2 Å². The van der Waals surface area contributed by atoms with Gasteiger partial charge in [0, 0.05) is 19.6 Å². The number of morpholine rings is 1. The van der Waals surface area contributed by atoms with Crippen molar-refractivity contribution in [1.29, 1.82) is 0 Å². The molecule has 1 fully saturated rings. The summed E-state index contributed by atoms with van der Waals surface area (Å²) in [5.74, 6) is 5.31. The Morgan fingerprint density at radius 2 is 2.05 bits per heavy atom. The third-order valence-corrected chi connectivity index (χ3v) is 3.44. The van der Waals surface area contributed by atoms with E-state index in [1.54, 1.807) is 18.2 Å². The molecule has 0 radical (unpaired) electrons. The molecule has 0 amide bonds. The number of nitro benzene ring substituents is 1. The number of hydrogen-bond donors (Lipinski definition) is 3. The highest BCUT2D eigenvalue weighted by Crippen LogP contribution is 2.31. The number of nitro groups is 1. The number of hydrogen-bond acceptors (Lipinski definition) is 7. The van der Waals surface area contributed by atoms with E-state index in [0.29, 0.717) is 17.9 Å². The standard InChI is InChI=1S/C13H21N5O3/c14-16-12-4-1-3-11(13(12)18(19)20)15-5-2-6-17-7-9-21-10-8-17/h1,3-4,15-16H,2,5-10,14H2. The molecule has 0 unspecified atom stereocenters. The van der Waals surface area contributed by atoms with E-state index in [1.165, 1.54) is 0 Å². The summed E-state index contributed by atoms with van der Waals surface area (Å²) in [5.41, 5.74) is 3.12. The zero-order valence-electron chi connectivity index (χ0n) is 11.9. The van der Waals surface area contributed by atoms with Crippen LogP contribution in [0.2, 0.25) is 0 Å². The lowest BCUT2D eigenvalue weighted by Gasteiger charge is -2.26. The number of hydrazine groups is 1. The fraction of sp³-hybridized carbons (Fsp3) is 0.538. The SMILES string of the molecule is NNc1cccc(NCCCN2CCOCC2)c1[N+](=O)[O-]. The third kappa shape index (κ3) is 4.28. The number of benzene rings is 1. The van der Waals surface area contributed by atoms with Crippen LogP contribution in [0.5, 0.6) is 0 Å². The molecule has 1 aromatic rings. The number of ether oxygens (including phenoxy) is 1. The topological polar surface area (TPSA) is 106 Å². The van der Waals surface area contributed by atoms with Crippen molar-refractivity contribution in [2.24, 2.45) is 5.84 Å². The van der Waals surface area contributed by atoms with E-state index in [1.807, 2.05) is 0 Å². The van der Waals surface area contributed by atoms with Crippen molar-refractivity contribution < 1.29 is 9.66 Å². The number of nitrogens with one attached hydrogen (secondary N) is 2. The molecule has 0 atom stereocenters. The average Bonchev–Trinajstić information content (AvgIpc) is 2.52. The van der Waals surface area contributed by atoms with E-state index in [0.717, 1.165) is 39.3 Å². The molecule has 0 aliphatic carbocycles. The Morgan fingerprint density at radius 3 is 2.71 bits per heavy atom. The van der Waals surface area contributed by atoms with Gasteiger partial charge in [-0.25, -0.2) is 0 Å². The van der Waals surface area contributed by atoms with E-state index < -0.39 is 4.92 Å². The monoisotopic (exact) mass is 295 g/mol. The van der Waals surface area contributed by atoms with Crippen molar-refractivity contribution in [3.63, 3.8) is 0 Å². The van der Waals surface area contributed by atoms with Gasteiger partial charge < -0.3 is 15.5 Å². The third-order valence-electron chi connectivity index (χ3n) is 3.44. The van der Waals surface area contributed by atoms with Crippen LogP contribution >= 0.6 is 0 Å². The largest absolute Gasteiger partial charge is 0.379 e. The lowest BCUT2D eigenvalue weighted by Crippen LogP contribution is -2.37. The molecular weight excluding hydrogens is 274 g/mol. The highest BCUT2D eigenvalue weighted by atomic mass is 16.6. The van der Waals surface area contributed by atoms with E-state index in [-0.39, 0.29) is 5.69 Å². The molecule has 1 aliphatic rings. The molecule has 0 aromatic heterocycles. The van der Waals surface area contributed by atoms with Gasteiger partial charge in [0.2, 0.25) is 0 Å². The molecule has 8 heteroatoms. The Morgan fingerprint density at radius 1 is 1.33 bits per heavy atom. The van der Waals surface area contributed by atoms with Crippen LogP contribution in [0.3, 0.4) is 0 Å². The smallest absolute Gasteiger partial charge is 0.316 e. The van der Waals surface area contributed by atoms with Crippen LogP contribution in [-0.2, 0) is 4.74 Å². The minimum atomic E-state index is -0.431. The molecule has 0 saturated carbocycles. The average molecular weight is 295 g/mol. The summed E-state index contributed by atoms with van der Waals surface area (Å²) in [6, 6.07) is 5.00. The Kier molecular flexibility index (Phi) is 5.73. The van der Waals surface area contributed by atoms with Gasteiger partial charge in [-0.1, -0.05) is 6.07 Å². The summed E-state index contributed by atoms with van der Waals surface area (Å²) in [6.07, 6.45) is 0.914. The van der Waals surface area contributed by atoms with Gasteiger partial charge in [0.05, 0.1) is 18.1 Å². The number of anilines is 2. The number of rotatable bonds is 7. The fourth-order valence-electron chi connectivity index (χ4n) is 2.35. The van der Waals surface area contributed by atoms with Gasteiger partial charge in [-0.3, -0.25) is 20.9 Å². The van der Waals surface area contributed by atoms with Crippen LogP contribution in [0.4, 0.5) is 17.1 Å². The first-order valence-corrected chi connectivity index (χ1v) is 7.00. The van der Waals surface area contributed by atoms with Gasteiger partial charge in [-0.05, 0) is 25.1 Å². The summed E-state index contributed by atoms with van der Waals surface area (Å²) in [6.45, 7) is 5.09. The summed E-state index contributed by atoms with van der Waals surface area (Å²) in [5, 5.41) is 14.2. The second-order valence-corrected chi connectivity index (χ2v) is 4.84. The first-order chi connectivity index (χ1) is 10.2. The number of para-hydroxylation sites is 1. The highest BCUT2D eigenvalue weighted by Gasteiger charge is 2.18. The second kappa shape index (κ2) is 7.77. The van der Waals surface area contributed by atoms with Crippen molar-refractivity contribution in [3.05, 3.63) is 28.3 Å². The molecule has 1 aromatic carbocycles. The summed E-state index contributed by atoms with van der Waals surface area (Å²) in [4.78, 5) is 13.0. The summed E-state index contributed by atoms with van der Waals surface area (Å²) in [7, 11) is 0. The van der Waals surface area contributed by atoms with Crippen molar-refractivity contribution in [2.45, 2.75) is 6.42 Å². The molecule has 21 heavy (non-hydrogen) atoms. The van der Waals surface area contributed by atoms with Gasteiger partial charge >= 0.3 is 5.69 Å². The van der Waals surface area contributed by atoms with Crippen LogP contribution in [0, 0.1) is 10.1 Å². The number of nitrogens with zero attached hydrogens (tertiary/aromatic N) is 2. The Hall–Kier alpha value is -1.90. The van der Waals surface area contributed by atoms with Crippen LogP contribution in [-0.4, -0.2) is 49.2 Å². The molecule has 8 nitrogen and oxygen atoms in total. The quantitative estimate of drug-likeness (QED) is 0.298. The van der Waals surface area contributed by atoms with E-state index in [9.17, 15) is 10.1 Å². The first-order valence-electron chi connectivity index (χ1n) is 7.00. The molecule has 116 valence electrons. The van der Waals surface area contributed by atoms with Crippen molar-refractivity contribution >= 4 is 17.1 Å². The van der Waals surface area contributed by atoms with Crippen molar-refractivity contribution in [1.82, 2.24) is 4.90 Å². The Bertz CT molecular complexity index is 477. The lowest BCUT2D eigenvalue weighted by molar-refractivity contribution is -0.383.